The van der Waals surface area contributed by atoms with Crippen LogP contribution in [-0.2, 0) is 0 Å². The summed E-state index contributed by atoms with van der Waals surface area (Å²) in [5, 5.41) is 4.05. The minimum atomic E-state index is 0.463. The van der Waals surface area contributed by atoms with Crippen LogP contribution in [-0.4, -0.2) is 17.3 Å². The summed E-state index contributed by atoms with van der Waals surface area (Å²) in [6.07, 6.45) is 5.78. The summed E-state index contributed by atoms with van der Waals surface area (Å²) in [5.41, 5.74) is 3.68. The molecular formula is C22H32N2O2. The van der Waals surface area contributed by atoms with Gasteiger partial charge in [0, 0.05) is 11.1 Å². The summed E-state index contributed by atoms with van der Waals surface area (Å²) in [4.78, 5) is 4.46. The normalized spacial score (nSPS) is 10.5. The van der Waals surface area contributed by atoms with Crippen LogP contribution in [0.3, 0.4) is 0 Å². The number of aryl methyl sites for hydroxylation is 1. The number of hydrogen-bond acceptors (Lipinski definition) is 4. The molecule has 0 saturated heterocycles. The van der Waals surface area contributed by atoms with Gasteiger partial charge in [-0.05, 0) is 44.5 Å². The van der Waals surface area contributed by atoms with E-state index < -0.39 is 0 Å². The van der Waals surface area contributed by atoms with Crippen molar-refractivity contribution in [3.63, 3.8) is 0 Å². The number of rotatable bonds is 5. The van der Waals surface area contributed by atoms with Gasteiger partial charge in [0.05, 0.1) is 7.11 Å². The van der Waals surface area contributed by atoms with E-state index in [0.29, 0.717) is 11.7 Å². The lowest BCUT2D eigenvalue weighted by Crippen LogP contribution is -1.89. The number of methoxy groups -OCH3 is 1. The van der Waals surface area contributed by atoms with Crippen LogP contribution in [0.1, 0.15) is 52.9 Å². The van der Waals surface area contributed by atoms with Crippen LogP contribution in [0.2, 0.25) is 0 Å². The number of allylic oxidation sites excluding steroid dienone is 5. The molecule has 0 spiro atoms. The van der Waals surface area contributed by atoms with E-state index in [9.17, 15) is 0 Å². The maximum Gasteiger partial charge on any atom is 0.258 e. The molecule has 0 aliphatic rings. The Hall–Kier alpha value is -2.62. The van der Waals surface area contributed by atoms with E-state index in [2.05, 4.69) is 16.7 Å². The standard InChI is InChI=1S/C18H20N2O2.2C2H6/c1-6-7-14(10-12(2)3)17-19-18(22-20-17)15-9-8-13(4)16(11-15)21-5;2*1-2/h6-11H,2H2,1,3-5H3;2*1-2H3/b7-6-,14-10+;;. The van der Waals surface area contributed by atoms with Gasteiger partial charge in [-0.25, -0.2) is 0 Å². The fourth-order valence-corrected chi connectivity index (χ4v) is 2.04. The average Bonchev–Trinajstić information content (AvgIpc) is 3.15. The Kier molecular flexibility index (Phi) is 11.4. The molecule has 0 aliphatic carbocycles. The molecule has 0 unspecified atom stereocenters. The lowest BCUT2D eigenvalue weighted by atomic mass is 10.1. The van der Waals surface area contributed by atoms with Crippen LogP contribution in [0.25, 0.3) is 17.0 Å². The molecule has 0 saturated carbocycles. The second kappa shape index (κ2) is 12.7. The molecule has 26 heavy (non-hydrogen) atoms. The second-order valence-electron chi connectivity index (χ2n) is 5.05. The molecule has 0 amide bonds. The summed E-state index contributed by atoms with van der Waals surface area (Å²) in [7, 11) is 1.64. The number of benzene rings is 1. The first-order valence-corrected chi connectivity index (χ1v) is 9.04. The van der Waals surface area contributed by atoms with Crippen molar-refractivity contribution < 1.29 is 9.26 Å². The summed E-state index contributed by atoms with van der Waals surface area (Å²) < 4.78 is 10.7. The van der Waals surface area contributed by atoms with Crippen molar-refractivity contribution in [2.75, 3.05) is 7.11 Å². The molecular weight excluding hydrogens is 324 g/mol. The smallest absolute Gasteiger partial charge is 0.258 e. The summed E-state index contributed by atoms with van der Waals surface area (Å²) in [6.45, 7) is 17.7. The Morgan fingerprint density at radius 1 is 1.19 bits per heavy atom. The van der Waals surface area contributed by atoms with E-state index in [1.807, 2.05) is 84.9 Å². The number of hydrogen-bond donors (Lipinski definition) is 0. The summed E-state index contributed by atoms with van der Waals surface area (Å²) in [6, 6.07) is 5.80. The SMILES string of the molecule is C=C(C)/C=C(\C=C/C)c1noc(-c2ccc(C)c(OC)c2)n1.CC.CC. The van der Waals surface area contributed by atoms with Gasteiger partial charge in [0.1, 0.15) is 5.75 Å². The maximum absolute atomic E-state index is 5.38. The van der Waals surface area contributed by atoms with Gasteiger partial charge >= 0.3 is 0 Å². The second-order valence-corrected chi connectivity index (χ2v) is 5.05. The molecule has 142 valence electrons. The molecule has 0 N–H and O–H groups in total. The largest absolute Gasteiger partial charge is 0.496 e. The molecule has 1 aromatic heterocycles. The maximum atomic E-state index is 5.38. The zero-order valence-electron chi connectivity index (χ0n) is 17.4. The Morgan fingerprint density at radius 2 is 1.85 bits per heavy atom. The Labute approximate surface area is 158 Å². The molecule has 0 radical (unpaired) electrons. The number of nitrogens with zero attached hydrogens (tertiary/aromatic N) is 2. The van der Waals surface area contributed by atoms with Crippen molar-refractivity contribution >= 4 is 5.57 Å². The van der Waals surface area contributed by atoms with Gasteiger partial charge in [0.25, 0.3) is 5.89 Å². The molecule has 1 heterocycles. The van der Waals surface area contributed by atoms with Gasteiger partial charge in [0.2, 0.25) is 5.82 Å². The predicted octanol–water partition coefficient (Wildman–Crippen LogP) is 6.64. The van der Waals surface area contributed by atoms with Crippen LogP contribution < -0.4 is 4.74 Å². The highest BCUT2D eigenvalue weighted by Crippen LogP contribution is 2.27. The van der Waals surface area contributed by atoms with E-state index in [4.69, 9.17) is 9.26 Å². The van der Waals surface area contributed by atoms with Crippen molar-refractivity contribution in [2.24, 2.45) is 0 Å². The van der Waals surface area contributed by atoms with E-state index in [-0.39, 0.29) is 0 Å². The third-order valence-electron chi connectivity index (χ3n) is 3.09. The first-order chi connectivity index (χ1) is 12.5. The van der Waals surface area contributed by atoms with E-state index in [1.165, 1.54) is 0 Å². The number of ether oxygens (including phenoxy) is 1. The lowest BCUT2D eigenvalue weighted by molar-refractivity contribution is 0.410. The molecule has 0 fully saturated rings. The third-order valence-corrected chi connectivity index (χ3v) is 3.09. The molecule has 1 aromatic carbocycles. The Bertz CT molecular complexity index is 740. The van der Waals surface area contributed by atoms with Gasteiger partial charge in [-0.1, -0.05) is 63.2 Å². The van der Waals surface area contributed by atoms with Crippen LogP contribution in [0.4, 0.5) is 0 Å². The van der Waals surface area contributed by atoms with Crippen LogP contribution in [0.5, 0.6) is 5.75 Å². The van der Waals surface area contributed by atoms with Crippen LogP contribution in [0, 0.1) is 6.92 Å². The van der Waals surface area contributed by atoms with Crippen LogP contribution >= 0.6 is 0 Å². The molecule has 4 nitrogen and oxygen atoms in total. The minimum Gasteiger partial charge on any atom is -0.496 e. The molecule has 0 atom stereocenters. The van der Waals surface area contributed by atoms with Gasteiger partial charge in [-0.2, -0.15) is 4.98 Å². The van der Waals surface area contributed by atoms with E-state index >= 15 is 0 Å². The molecule has 2 rings (SSSR count). The zero-order chi connectivity index (χ0) is 20.1. The molecule has 4 heteroatoms. The quantitative estimate of drug-likeness (QED) is 0.563. The Balaban J connectivity index is 0.00000146. The Morgan fingerprint density at radius 3 is 2.38 bits per heavy atom. The molecule has 0 aliphatic heterocycles. The summed E-state index contributed by atoms with van der Waals surface area (Å²) >= 11 is 0. The third kappa shape index (κ3) is 6.71. The average molecular weight is 357 g/mol. The zero-order valence-corrected chi connectivity index (χ0v) is 17.4. The number of aromatic nitrogens is 2. The highest BCUT2D eigenvalue weighted by atomic mass is 16.5. The minimum absolute atomic E-state index is 0.463. The van der Waals surface area contributed by atoms with Crippen molar-refractivity contribution in [1.82, 2.24) is 10.1 Å². The van der Waals surface area contributed by atoms with Gasteiger partial charge in [0.15, 0.2) is 0 Å². The first-order valence-electron chi connectivity index (χ1n) is 9.04. The molecule has 2 aromatic rings. The highest BCUT2D eigenvalue weighted by Gasteiger charge is 2.12. The predicted molar refractivity (Wildman–Crippen MR) is 111 cm³/mol. The first kappa shape index (κ1) is 23.4. The van der Waals surface area contributed by atoms with E-state index in [0.717, 1.165) is 28.0 Å². The van der Waals surface area contributed by atoms with Crippen molar-refractivity contribution in [2.45, 2.75) is 48.5 Å². The fraction of sp³-hybridized carbons (Fsp3) is 0.364. The van der Waals surface area contributed by atoms with Gasteiger partial charge in [-0.3, -0.25) is 0 Å². The monoisotopic (exact) mass is 356 g/mol. The summed E-state index contributed by atoms with van der Waals surface area (Å²) in [5.74, 6) is 1.80. The fourth-order valence-electron chi connectivity index (χ4n) is 2.04. The van der Waals surface area contributed by atoms with Crippen LogP contribution in [0.15, 0.2) is 53.1 Å². The topological polar surface area (TPSA) is 48.2 Å². The van der Waals surface area contributed by atoms with Crippen molar-refractivity contribution in [1.29, 1.82) is 0 Å². The lowest BCUT2D eigenvalue weighted by Gasteiger charge is -2.04. The highest BCUT2D eigenvalue weighted by molar-refractivity contribution is 5.72. The van der Waals surface area contributed by atoms with Gasteiger partial charge in [-0.15, -0.1) is 0 Å². The van der Waals surface area contributed by atoms with Gasteiger partial charge < -0.3 is 9.26 Å². The van der Waals surface area contributed by atoms with Crippen molar-refractivity contribution in [3.8, 4) is 17.2 Å². The van der Waals surface area contributed by atoms with E-state index in [1.54, 1.807) is 7.11 Å². The molecule has 0 bridgehead atoms. The van der Waals surface area contributed by atoms with Crippen molar-refractivity contribution in [3.05, 3.63) is 60.0 Å².